The molecule has 0 bridgehead atoms. The molecule has 0 amide bonds. The molecule has 0 aromatic heterocycles. The highest BCUT2D eigenvalue weighted by molar-refractivity contribution is 7.99. The van der Waals surface area contributed by atoms with Crippen LogP contribution in [0.2, 0.25) is 5.02 Å². The van der Waals surface area contributed by atoms with E-state index in [1.165, 1.54) is 25.8 Å². The number of likely N-dealkylation sites (N-methyl/N-ethyl adjacent to an activating group) is 1. The number of carbonyl (C=O) groups excluding carboxylic acids is 1. The fourth-order valence-corrected chi connectivity index (χ4v) is 10.0. The van der Waals surface area contributed by atoms with Crippen LogP contribution < -0.4 is 0 Å². The molecule has 0 aliphatic carbocycles. The highest BCUT2D eigenvalue weighted by Gasteiger charge is 2.53. The first kappa shape index (κ1) is 52.0. The number of rotatable bonds is 11. The lowest BCUT2D eigenvalue weighted by Gasteiger charge is -2.49. The Morgan fingerprint density at radius 2 is 1.57 bits per heavy atom. The summed E-state index contributed by atoms with van der Waals surface area (Å²) in [6.45, 7) is 17.1. The zero-order chi connectivity index (χ0) is 45.8. The smallest absolute Gasteiger partial charge is 0.311 e. The molecule has 1 aromatic rings. The van der Waals surface area contributed by atoms with Crippen LogP contribution in [0.5, 0.6) is 0 Å². The molecule has 0 spiro atoms. The summed E-state index contributed by atoms with van der Waals surface area (Å²) in [5.41, 5.74) is -4.45. The van der Waals surface area contributed by atoms with Crippen molar-refractivity contribution in [2.75, 3.05) is 27.1 Å². The van der Waals surface area contributed by atoms with Crippen LogP contribution in [-0.4, -0.2) is 154 Å². The highest BCUT2D eigenvalue weighted by Crippen LogP contribution is 2.41. The average Bonchev–Trinajstić information content (AvgIpc) is 3.19. The minimum Gasteiger partial charge on any atom is -0.459 e. The molecule has 4 rings (SSSR count). The molecule has 5 N–H and O–H groups in total. The molecule has 0 radical (unpaired) electrons. The van der Waals surface area contributed by atoms with Gasteiger partial charge in [-0.3, -0.25) is 4.79 Å². The van der Waals surface area contributed by atoms with Gasteiger partial charge in [-0.1, -0.05) is 56.2 Å². The number of methoxy groups -OCH3 is 1. The zero-order valence-electron chi connectivity index (χ0n) is 38.2. The number of ether oxygens (including phenoxy) is 6. The number of halogens is 1. The molecule has 17 heteroatoms. The van der Waals surface area contributed by atoms with Crippen LogP contribution in [0, 0.1) is 23.7 Å². The first-order valence-corrected chi connectivity index (χ1v) is 22.9. The van der Waals surface area contributed by atoms with Gasteiger partial charge in [0, 0.05) is 47.2 Å². The third kappa shape index (κ3) is 12.4. The molecule has 61 heavy (non-hydrogen) atoms. The van der Waals surface area contributed by atoms with Crippen LogP contribution >= 0.6 is 23.4 Å². The maximum absolute atomic E-state index is 14.4. The van der Waals surface area contributed by atoms with Gasteiger partial charge in [-0.05, 0) is 99.2 Å². The van der Waals surface area contributed by atoms with Crippen LogP contribution in [-0.2, 0) is 38.1 Å². The molecule has 3 fully saturated rings. The minimum absolute atomic E-state index is 0.0170. The summed E-state index contributed by atoms with van der Waals surface area (Å²) >= 11 is 7.45. The summed E-state index contributed by atoms with van der Waals surface area (Å²) in [7, 11) is 5.23. The number of carbonyl (C=O) groups is 1. The van der Waals surface area contributed by atoms with E-state index in [1.807, 2.05) is 45.0 Å². The molecule has 3 aliphatic heterocycles. The summed E-state index contributed by atoms with van der Waals surface area (Å²) in [6.07, 6.45) is -9.46. The predicted octanol–water partition coefficient (Wildman–Crippen LogP) is 4.99. The number of benzene rings is 1. The van der Waals surface area contributed by atoms with Crippen LogP contribution in [0.3, 0.4) is 0 Å². The lowest BCUT2D eigenvalue weighted by molar-refractivity contribution is -0.317. The number of nitrogens with zero attached hydrogens (tertiary/aromatic N) is 2. The Bertz CT molecular complexity index is 1590. The van der Waals surface area contributed by atoms with Gasteiger partial charge in [-0.15, -0.1) is 0 Å². The van der Waals surface area contributed by atoms with Crippen molar-refractivity contribution in [1.29, 1.82) is 0 Å². The summed E-state index contributed by atoms with van der Waals surface area (Å²) in [5.74, 6) is -4.00. The van der Waals surface area contributed by atoms with E-state index < -0.39 is 102 Å². The van der Waals surface area contributed by atoms with E-state index >= 15 is 0 Å². The van der Waals surface area contributed by atoms with Gasteiger partial charge < -0.3 is 63.7 Å². The molecule has 15 nitrogen and oxygen atoms in total. The number of thioether (sulfide) groups is 1. The third-order valence-corrected chi connectivity index (χ3v) is 14.2. The summed E-state index contributed by atoms with van der Waals surface area (Å²) < 4.78 is 37.8. The Morgan fingerprint density at radius 1 is 0.934 bits per heavy atom. The first-order chi connectivity index (χ1) is 28.4. The van der Waals surface area contributed by atoms with E-state index in [0.29, 0.717) is 17.2 Å². The van der Waals surface area contributed by atoms with Crippen molar-refractivity contribution < 1.29 is 63.6 Å². The maximum atomic E-state index is 14.4. The number of hydrogen-bond acceptors (Lipinski definition) is 16. The fraction of sp³-hybridized carbons (Fsp3) is 0.818. The van der Waals surface area contributed by atoms with E-state index in [4.69, 9.17) is 44.9 Å². The summed E-state index contributed by atoms with van der Waals surface area (Å²) in [4.78, 5) is 23.1. The van der Waals surface area contributed by atoms with Gasteiger partial charge in [0.05, 0.1) is 53.4 Å². The molecule has 1 aromatic carbocycles. The number of hydrogen-bond donors (Lipinski definition) is 5. The van der Waals surface area contributed by atoms with E-state index in [9.17, 15) is 30.3 Å². The molecule has 350 valence electrons. The largest absolute Gasteiger partial charge is 0.459 e. The monoisotopic (exact) mass is 904 g/mol. The van der Waals surface area contributed by atoms with Crippen molar-refractivity contribution in [3.63, 3.8) is 0 Å². The molecular weight excluding hydrogens is 832 g/mol. The Labute approximate surface area is 371 Å². The molecule has 3 saturated heterocycles. The van der Waals surface area contributed by atoms with Crippen LogP contribution in [0.1, 0.15) is 94.9 Å². The quantitative estimate of drug-likeness (QED) is 0.0654. The second-order valence-corrected chi connectivity index (χ2v) is 19.9. The van der Waals surface area contributed by atoms with Crippen molar-refractivity contribution in [2.45, 2.75) is 184 Å². The van der Waals surface area contributed by atoms with Crippen molar-refractivity contribution in [3.05, 3.63) is 29.3 Å². The molecule has 3 heterocycles. The lowest BCUT2D eigenvalue weighted by atomic mass is 9.73. The summed E-state index contributed by atoms with van der Waals surface area (Å²) in [5, 5.41) is 64.7. The third-order valence-electron chi connectivity index (χ3n) is 13.1. The van der Waals surface area contributed by atoms with Gasteiger partial charge >= 0.3 is 5.97 Å². The Hall–Kier alpha value is -1.64. The Kier molecular flexibility index (Phi) is 18.4. The Morgan fingerprint density at radius 3 is 2.16 bits per heavy atom. The van der Waals surface area contributed by atoms with Gasteiger partial charge in [-0.25, -0.2) is 0 Å². The highest BCUT2D eigenvalue weighted by atomic mass is 35.5. The predicted molar refractivity (Wildman–Crippen MR) is 232 cm³/mol. The average molecular weight is 906 g/mol. The number of cyclic esters (lactones) is 1. The van der Waals surface area contributed by atoms with E-state index in [-0.39, 0.29) is 37.3 Å². The van der Waals surface area contributed by atoms with E-state index in [0.717, 1.165) is 4.90 Å². The first-order valence-electron chi connectivity index (χ1n) is 21.5. The normalized spacial score (nSPS) is 44.1. The number of esters is 1. The van der Waals surface area contributed by atoms with Gasteiger partial charge in [0.1, 0.15) is 23.9 Å². The van der Waals surface area contributed by atoms with Gasteiger partial charge in [0.2, 0.25) is 0 Å². The number of oxime groups is 1. The topological polar surface area (TPSA) is 198 Å². The molecule has 2 unspecified atom stereocenters. The second kappa shape index (κ2) is 21.6. The van der Waals surface area contributed by atoms with E-state index in [1.54, 1.807) is 60.6 Å². The molecular formula is C44H73ClN2O13S. The maximum Gasteiger partial charge on any atom is 0.311 e. The molecule has 0 saturated carbocycles. The lowest BCUT2D eigenvalue weighted by Crippen LogP contribution is -2.61. The number of aliphatic hydroxyl groups excluding tert-OH is 3. The van der Waals surface area contributed by atoms with Crippen LogP contribution in [0.25, 0.3) is 0 Å². The second-order valence-electron chi connectivity index (χ2n) is 18.4. The van der Waals surface area contributed by atoms with Crippen LogP contribution in [0.15, 0.2) is 34.3 Å². The number of aliphatic hydroxyl groups is 5. The standard InChI is InChI=1S/C44H73ClN2O13S/c1-14-32-44(10,53)37(49)25(4)34(46-55-22-61-30-17-15-29(45)16-18-30)23(2)20-42(8,52)39(60-41-35(48)31(47(11)12)19-24(3)56-41)26(5)36(27(6)40(51)58-32)59-33-21-43(9,54-13)38(50)28(7)57-33/h15-18,23-28,31-33,35-39,41,48-50,52-53H,14,19-22H2,1-13H3/b46-34+/t23-,24-,25+,26+,27-,28+,31+,32?,33+,35-,36?,37-,38+,39-,41+,42-,43-,44-/m1/s1. The SMILES string of the molecule is CCC1OC(=O)[C@H](C)C(O[C@H]2C[C@@](C)(OC)[C@@H](O)[C@H](C)O2)[C@H](C)[C@@H](O[C@@H]2O[C@H](C)C[C@H](N(C)C)[C@H]2O)[C@](C)(O)C[C@@H](C)/C(=N\OCSc2ccc(Cl)cc2)[C@H](C)[C@@H](O)[C@]1(C)O. The van der Waals surface area contributed by atoms with Gasteiger partial charge in [0.25, 0.3) is 0 Å². The fourth-order valence-electron chi connectivity index (χ4n) is 9.32. The Balaban J connectivity index is 1.84. The van der Waals surface area contributed by atoms with Crippen LogP contribution in [0.4, 0.5) is 0 Å². The molecule has 18 atom stereocenters. The van der Waals surface area contributed by atoms with Crippen molar-refractivity contribution >= 4 is 35.0 Å². The van der Waals surface area contributed by atoms with Crippen molar-refractivity contribution in [2.24, 2.45) is 28.8 Å². The van der Waals surface area contributed by atoms with Crippen molar-refractivity contribution in [3.8, 4) is 0 Å². The minimum atomic E-state index is -1.96. The van der Waals surface area contributed by atoms with E-state index in [2.05, 4.69) is 5.16 Å². The van der Waals surface area contributed by atoms with Gasteiger partial charge in [-0.2, -0.15) is 0 Å². The zero-order valence-corrected chi connectivity index (χ0v) is 39.8. The summed E-state index contributed by atoms with van der Waals surface area (Å²) in [6, 6.07) is 6.93. The molecule has 3 aliphatic rings. The van der Waals surface area contributed by atoms with Crippen molar-refractivity contribution in [1.82, 2.24) is 4.90 Å². The van der Waals surface area contributed by atoms with Gasteiger partial charge in [0.15, 0.2) is 18.5 Å².